The van der Waals surface area contributed by atoms with Crippen molar-refractivity contribution in [2.75, 3.05) is 13.2 Å². The highest BCUT2D eigenvalue weighted by Crippen LogP contribution is 2.29. The van der Waals surface area contributed by atoms with Crippen LogP contribution in [0, 0.1) is 12.3 Å². The topological polar surface area (TPSA) is 97.4 Å². The third-order valence-corrected chi connectivity index (χ3v) is 4.97. The van der Waals surface area contributed by atoms with Crippen molar-refractivity contribution < 1.29 is 38.1 Å². The van der Waals surface area contributed by atoms with Gasteiger partial charge in [-0.25, -0.2) is 9.59 Å². The van der Waals surface area contributed by atoms with Gasteiger partial charge in [0.25, 0.3) is 0 Å². The number of carbonyl (C=O) groups excluding carboxylic acids is 3. The van der Waals surface area contributed by atoms with Crippen LogP contribution in [0.4, 0.5) is 0 Å². The highest BCUT2D eigenvalue weighted by atomic mass is 16.7. The zero-order valence-electron chi connectivity index (χ0n) is 18.8. The molecule has 1 aliphatic rings. The molecule has 3 rings (SSSR count). The average molecular weight is 466 g/mol. The molecular formula is C26H26O8. The quantitative estimate of drug-likeness (QED) is 0.228. The maximum Gasteiger partial charge on any atom is 0.338 e. The van der Waals surface area contributed by atoms with E-state index in [9.17, 15) is 14.4 Å². The van der Waals surface area contributed by atoms with Gasteiger partial charge in [0.05, 0.1) is 11.1 Å². The molecule has 1 fully saturated rings. The largest absolute Gasteiger partial charge is 0.459 e. The lowest BCUT2D eigenvalue weighted by Gasteiger charge is -2.24. The Morgan fingerprint density at radius 1 is 0.912 bits per heavy atom. The molecule has 4 unspecified atom stereocenters. The van der Waals surface area contributed by atoms with Gasteiger partial charge in [0.1, 0.15) is 12.7 Å². The van der Waals surface area contributed by atoms with Crippen molar-refractivity contribution in [2.45, 2.75) is 44.4 Å². The summed E-state index contributed by atoms with van der Waals surface area (Å²) in [6.45, 7) is 1.21. The van der Waals surface area contributed by atoms with Crippen LogP contribution in [0.25, 0.3) is 0 Å². The van der Waals surface area contributed by atoms with E-state index in [2.05, 4.69) is 5.92 Å². The van der Waals surface area contributed by atoms with Gasteiger partial charge in [0.2, 0.25) is 6.29 Å². The molecule has 0 N–H and O–H groups in total. The number of unbranched alkanes of at least 4 members (excludes halogenated alkanes) is 1. The van der Waals surface area contributed by atoms with Crippen LogP contribution in [0.1, 0.15) is 40.5 Å². The summed E-state index contributed by atoms with van der Waals surface area (Å²) in [4.78, 5) is 36.8. The molecule has 1 saturated heterocycles. The summed E-state index contributed by atoms with van der Waals surface area (Å²) < 4.78 is 28.1. The molecule has 0 aromatic heterocycles. The summed E-state index contributed by atoms with van der Waals surface area (Å²) in [5.41, 5.74) is 0.682. The highest BCUT2D eigenvalue weighted by Gasteiger charge is 2.50. The Balaban J connectivity index is 1.78. The van der Waals surface area contributed by atoms with Gasteiger partial charge < -0.3 is 23.7 Å². The van der Waals surface area contributed by atoms with Crippen molar-refractivity contribution in [3.63, 3.8) is 0 Å². The van der Waals surface area contributed by atoms with Crippen molar-refractivity contribution in [1.82, 2.24) is 0 Å². The number of hydrogen-bond donors (Lipinski definition) is 0. The lowest BCUT2D eigenvalue weighted by molar-refractivity contribution is -0.193. The van der Waals surface area contributed by atoms with Crippen LogP contribution in [0.3, 0.4) is 0 Å². The van der Waals surface area contributed by atoms with E-state index in [1.54, 1.807) is 60.7 Å². The molecule has 0 bridgehead atoms. The first kappa shape index (κ1) is 25.0. The molecule has 4 atom stereocenters. The van der Waals surface area contributed by atoms with E-state index >= 15 is 0 Å². The minimum Gasteiger partial charge on any atom is -0.459 e. The van der Waals surface area contributed by atoms with Crippen LogP contribution in [-0.2, 0) is 28.5 Å². The SMILES string of the molecule is C#CCCCOC1C(OC(C)=O)OC(COC(=O)c2ccccc2)C1OC(=O)c1ccccc1. The third kappa shape index (κ3) is 6.91. The lowest BCUT2D eigenvalue weighted by Crippen LogP contribution is -2.41. The van der Waals surface area contributed by atoms with Crippen LogP contribution >= 0.6 is 0 Å². The standard InChI is InChI=1S/C26H26O8/c1-3-4-11-16-30-23-22(34-25(29)20-14-9-6-10-15-20)21(33-26(23)32-18(2)27)17-31-24(28)19-12-7-5-8-13-19/h1,5-10,12-15,21-23,26H,4,11,16-17H2,2H3. The zero-order chi connectivity index (χ0) is 24.3. The van der Waals surface area contributed by atoms with E-state index in [0.717, 1.165) is 0 Å². The maximum atomic E-state index is 12.8. The molecule has 0 saturated carbocycles. The van der Waals surface area contributed by atoms with E-state index in [-0.39, 0.29) is 13.2 Å². The van der Waals surface area contributed by atoms with E-state index < -0.39 is 42.5 Å². The maximum absolute atomic E-state index is 12.8. The number of carbonyl (C=O) groups is 3. The smallest absolute Gasteiger partial charge is 0.338 e. The van der Waals surface area contributed by atoms with Gasteiger partial charge in [-0.05, 0) is 30.7 Å². The number of benzene rings is 2. The Kier molecular flexibility index (Phi) is 9.21. The van der Waals surface area contributed by atoms with Gasteiger partial charge in [0.15, 0.2) is 12.2 Å². The second kappa shape index (κ2) is 12.5. The molecule has 8 nitrogen and oxygen atoms in total. The normalized spacial score (nSPS) is 21.3. The second-order valence-corrected chi connectivity index (χ2v) is 7.50. The van der Waals surface area contributed by atoms with Gasteiger partial charge in [-0.2, -0.15) is 0 Å². The molecular weight excluding hydrogens is 440 g/mol. The Morgan fingerprint density at radius 3 is 2.12 bits per heavy atom. The van der Waals surface area contributed by atoms with Crippen LogP contribution in [0.2, 0.25) is 0 Å². The minimum atomic E-state index is -1.16. The predicted octanol–water partition coefficient (Wildman–Crippen LogP) is 3.16. The molecule has 2 aromatic rings. The van der Waals surface area contributed by atoms with Crippen molar-refractivity contribution in [2.24, 2.45) is 0 Å². The van der Waals surface area contributed by atoms with E-state index in [1.165, 1.54) is 6.92 Å². The van der Waals surface area contributed by atoms with Crippen molar-refractivity contribution in [3.05, 3.63) is 71.8 Å². The summed E-state index contributed by atoms with van der Waals surface area (Å²) in [7, 11) is 0. The monoisotopic (exact) mass is 466 g/mol. The number of rotatable bonds is 10. The first-order valence-electron chi connectivity index (χ1n) is 10.9. The molecule has 0 radical (unpaired) electrons. The van der Waals surface area contributed by atoms with E-state index in [0.29, 0.717) is 24.0 Å². The van der Waals surface area contributed by atoms with Crippen LogP contribution in [0.5, 0.6) is 0 Å². The van der Waals surface area contributed by atoms with Gasteiger partial charge in [-0.1, -0.05) is 36.4 Å². The fraction of sp³-hybridized carbons (Fsp3) is 0.346. The molecule has 34 heavy (non-hydrogen) atoms. The summed E-state index contributed by atoms with van der Waals surface area (Å²) in [6, 6.07) is 16.8. The van der Waals surface area contributed by atoms with Crippen LogP contribution in [-0.4, -0.2) is 55.7 Å². The van der Waals surface area contributed by atoms with Gasteiger partial charge in [-0.15, -0.1) is 12.3 Å². The Hall–Kier alpha value is -3.67. The first-order valence-corrected chi connectivity index (χ1v) is 10.9. The molecule has 1 aliphatic heterocycles. The fourth-order valence-corrected chi connectivity index (χ4v) is 3.38. The van der Waals surface area contributed by atoms with Crippen LogP contribution < -0.4 is 0 Å². The average Bonchev–Trinajstić information content (AvgIpc) is 3.16. The number of ether oxygens (including phenoxy) is 5. The Bertz CT molecular complexity index is 998. The molecule has 2 aromatic carbocycles. The Morgan fingerprint density at radius 2 is 1.53 bits per heavy atom. The van der Waals surface area contributed by atoms with Gasteiger partial charge in [-0.3, -0.25) is 4.79 Å². The van der Waals surface area contributed by atoms with E-state index in [4.69, 9.17) is 30.1 Å². The number of esters is 3. The minimum absolute atomic E-state index is 0.228. The molecule has 0 spiro atoms. The van der Waals surface area contributed by atoms with Crippen molar-refractivity contribution >= 4 is 17.9 Å². The molecule has 1 heterocycles. The van der Waals surface area contributed by atoms with Crippen molar-refractivity contribution in [3.8, 4) is 12.3 Å². The van der Waals surface area contributed by atoms with Crippen LogP contribution in [0.15, 0.2) is 60.7 Å². The second-order valence-electron chi connectivity index (χ2n) is 7.50. The number of terminal acetylenes is 1. The molecule has 0 amide bonds. The summed E-state index contributed by atoms with van der Waals surface area (Å²) >= 11 is 0. The Labute approximate surface area is 198 Å². The van der Waals surface area contributed by atoms with Gasteiger partial charge >= 0.3 is 17.9 Å². The van der Waals surface area contributed by atoms with Gasteiger partial charge in [0, 0.05) is 20.0 Å². The highest BCUT2D eigenvalue weighted by molar-refractivity contribution is 5.90. The third-order valence-electron chi connectivity index (χ3n) is 4.97. The van der Waals surface area contributed by atoms with E-state index in [1.807, 2.05) is 0 Å². The fourth-order valence-electron chi connectivity index (χ4n) is 3.38. The predicted molar refractivity (Wildman–Crippen MR) is 121 cm³/mol. The molecule has 0 aliphatic carbocycles. The number of hydrogen-bond acceptors (Lipinski definition) is 8. The molecule has 178 valence electrons. The molecule has 8 heteroatoms. The first-order chi connectivity index (χ1) is 16.5. The lowest BCUT2D eigenvalue weighted by atomic mass is 10.1. The zero-order valence-corrected chi connectivity index (χ0v) is 18.8. The summed E-state index contributed by atoms with van der Waals surface area (Å²) in [5.74, 6) is 0.733. The summed E-state index contributed by atoms with van der Waals surface area (Å²) in [6.07, 6.45) is 2.30. The van der Waals surface area contributed by atoms with Crippen molar-refractivity contribution in [1.29, 1.82) is 0 Å². The summed E-state index contributed by atoms with van der Waals surface area (Å²) in [5, 5.41) is 0.